The molecule has 2 atom stereocenters. The minimum atomic E-state index is -1.38. The molecule has 0 fully saturated rings. The van der Waals surface area contributed by atoms with Crippen molar-refractivity contribution in [1.82, 2.24) is 20.6 Å². The van der Waals surface area contributed by atoms with Crippen LogP contribution in [-0.4, -0.2) is 40.0 Å². The molecule has 0 bridgehead atoms. The zero-order chi connectivity index (χ0) is 21.2. The predicted molar refractivity (Wildman–Crippen MR) is 102 cm³/mol. The van der Waals surface area contributed by atoms with E-state index < -0.39 is 30.1 Å². The Labute approximate surface area is 168 Å². The number of hydrogen-bond donors (Lipinski definition) is 3. The van der Waals surface area contributed by atoms with Gasteiger partial charge >= 0.3 is 6.09 Å². The third-order valence-electron chi connectivity index (χ3n) is 4.11. The van der Waals surface area contributed by atoms with Crippen molar-refractivity contribution in [3.05, 3.63) is 54.1 Å². The van der Waals surface area contributed by atoms with Crippen molar-refractivity contribution >= 4 is 18.0 Å². The Bertz CT molecular complexity index is 792. The molecule has 2 amide bonds. The molecule has 3 N–H and O–H groups in total. The molecular weight excluding hydrogens is 376 g/mol. The number of aromatic nitrogens is 2. The van der Waals surface area contributed by atoms with Crippen molar-refractivity contribution in [3.8, 4) is 0 Å². The first kappa shape index (κ1) is 21.9. The third kappa shape index (κ3) is 7.65. The van der Waals surface area contributed by atoms with Gasteiger partial charge in [0.1, 0.15) is 12.6 Å². The number of carbonyl (C=O) groups is 3. The molecule has 29 heavy (non-hydrogen) atoms. The van der Waals surface area contributed by atoms with Gasteiger partial charge in [-0.1, -0.05) is 44.2 Å². The molecule has 9 nitrogen and oxygen atoms in total. The summed E-state index contributed by atoms with van der Waals surface area (Å²) in [6, 6.07) is 6.89. The summed E-state index contributed by atoms with van der Waals surface area (Å²) in [5.74, 6) is -1.99. The van der Waals surface area contributed by atoms with E-state index in [9.17, 15) is 19.5 Å². The number of alkyl carbamates (subject to hydrolysis) is 1. The highest BCUT2D eigenvalue weighted by atomic mass is 16.5. The molecule has 0 radical (unpaired) electrons. The maximum atomic E-state index is 12.7. The SMILES string of the molecule is CC(C)C[C@H](NC(=O)[C@H](Cc1cnc[nH]1)NC(=O)OCc1ccccc1)C(=O)[O-]. The van der Waals surface area contributed by atoms with Gasteiger partial charge in [0.15, 0.2) is 0 Å². The van der Waals surface area contributed by atoms with Crippen molar-refractivity contribution in [2.75, 3.05) is 0 Å². The summed E-state index contributed by atoms with van der Waals surface area (Å²) < 4.78 is 5.16. The minimum Gasteiger partial charge on any atom is -0.548 e. The van der Waals surface area contributed by atoms with Gasteiger partial charge in [-0.2, -0.15) is 0 Å². The first-order valence-corrected chi connectivity index (χ1v) is 9.30. The number of carbonyl (C=O) groups excluding carboxylic acids is 3. The molecule has 0 aliphatic carbocycles. The number of imidazole rings is 1. The molecule has 1 aromatic carbocycles. The van der Waals surface area contributed by atoms with Gasteiger partial charge in [-0.25, -0.2) is 9.78 Å². The first-order chi connectivity index (χ1) is 13.8. The molecule has 156 valence electrons. The normalized spacial score (nSPS) is 12.8. The molecular formula is C20H25N4O5-. The van der Waals surface area contributed by atoms with Crippen molar-refractivity contribution in [2.24, 2.45) is 5.92 Å². The van der Waals surface area contributed by atoms with E-state index in [-0.39, 0.29) is 25.4 Å². The van der Waals surface area contributed by atoms with Crippen LogP contribution in [0.4, 0.5) is 4.79 Å². The van der Waals surface area contributed by atoms with Crippen molar-refractivity contribution in [1.29, 1.82) is 0 Å². The van der Waals surface area contributed by atoms with E-state index >= 15 is 0 Å². The summed E-state index contributed by atoms with van der Waals surface area (Å²) in [5, 5.41) is 16.3. The van der Waals surface area contributed by atoms with Crippen LogP contribution in [-0.2, 0) is 27.4 Å². The smallest absolute Gasteiger partial charge is 0.408 e. The summed E-state index contributed by atoms with van der Waals surface area (Å²) in [5.41, 5.74) is 1.40. The molecule has 0 unspecified atom stereocenters. The van der Waals surface area contributed by atoms with E-state index in [0.717, 1.165) is 5.56 Å². The Balaban J connectivity index is 2.02. The number of benzene rings is 1. The monoisotopic (exact) mass is 401 g/mol. The molecule has 2 aromatic rings. The number of hydrogen-bond acceptors (Lipinski definition) is 6. The fraction of sp³-hybridized carbons (Fsp3) is 0.400. The Morgan fingerprint density at radius 1 is 1.14 bits per heavy atom. The lowest BCUT2D eigenvalue weighted by molar-refractivity contribution is -0.308. The van der Waals surface area contributed by atoms with Crippen LogP contribution in [0.25, 0.3) is 0 Å². The zero-order valence-corrected chi connectivity index (χ0v) is 16.4. The summed E-state index contributed by atoms with van der Waals surface area (Å²) in [4.78, 5) is 42.9. The fourth-order valence-electron chi connectivity index (χ4n) is 2.69. The lowest BCUT2D eigenvalue weighted by Gasteiger charge is -2.25. The summed E-state index contributed by atoms with van der Waals surface area (Å²) >= 11 is 0. The van der Waals surface area contributed by atoms with E-state index in [1.807, 2.05) is 32.0 Å². The number of H-pyrrole nitrogens is 1. The summed E-state index contributed by atoms with van der Waals surface area (Å²) in [6.45, 7) is 3.72. The topological polar surface area (TPSA) is 136 Å². The summed E-state index contributed by atoms with van der Waals surface area (Å²) in [6.07, 6.45) is 2.47. The molecule has 0 aliphatic rings. The van der Waals surface area contributed by atoms with E-state index in [1.54, 1.807) is 12.1 Å². The number of amides is 2. The number of nitrogens with zero attached hydrogens (tertiary/aromatic N) is 1. The maximum Gasteiger partial charge on any atom is 0.408 e. The molecule has 0 aliphatic heterocycles. The number of rotatable bonds is 10. The lowest BCUT2D eigenvalue weighted by atomic mass is 10.0. The number of aliphatic carboxylic acids is 1. The Hall–Kier alpha value is -3.36. The van der Waals surface area contributed by atoms with Gasteiger partial charge in [0.25, 0.3) is 0 Å². The van der Waals surface area contributed by atoms with E-state index in [2.05, 4.69) is 20.6 Å². The van der Waals surface area contributed by atoms with Crippen LogP contribution in [0, 0.1) is 5.92 Å². The van der Waals surface area contributed by atoms with Crippen LogP contribution in [0.1, 0.15) is 31.5 Å². The quantitative estimate of drug-likeness (QED) is 0.531. The predicted octanol–water partition coefficient (Wildman–Crippen LogP) is 0.528. The molecule has 0 saturated carbocycles. The Morgan fingerprint density at radius 2 is 1.86 bits per heavy atom. The minimum absolute atomic E-state index is 0.0352. The number of ether oxygens (including phenoxy) is 1. The van der Waals surface area contributed by atoms with Crippen LogP contribution in [0.3, 0.4) is 0 Å². The molecule has 9 heteroatoms. The fourth-order valence-corrected chi connectivity index (χ4v) is 2.69. The summed E-state index contributed by atoms with van der Waals surface area (Å²) in [7, 11) is 0. The second-order valence-corrected chi connectivity index (χ2v) is 7.05. The van der Waals surface area contributed by atoms with E-state index in [4.69, 9.17) is 4.74 Å². The molecule has 0 spiro atoms. The Morgan fingerprint density at radius 3 is 2.45 bits per heavy atom. The van der Waals surface area contributed by atoms with Gasteiger partial charge < -0.3 is 30.3 Å². The highest BCUT2D eigenvalue weighted by Crippen LogP contribution is 2.07. The highest BCUT2D eigenvalue weighted by Gasteiger charge is 2.25. The van der Waals surface area contributed by atoms with Crippen LogP contribution in [0.15, 0.2) is 42.9 Å². The number of carboxylic acids is 1. The largest absolute Gasteiger partial charge is 0.548 e. The zero-order valence-electron chi connectivity index (χ0n) is 16.4. The van der Waals surface area contributed by atoms with Crippen molar-refractivity contribution in [2.45, 2.75) is 45.4 Å². The van der Waals surface area contributed by atoms with Crippen LogP contribution >= 0.6 is 0 Å². The van der Waals surface area contributed by atoms with Crippen LogP contribution < -0.4 is 15.7 Å². The van der Waals surface area contributed by atoms with Crippen LogP contribution in [0.2, 0.25) is 0 Å². The molecule has 1 heterocycles. The second kappa shape index (κ2) is 10.8. The first-order valence-electron chi connectivity index (χ1n) is 9.30. The average Bonchev–Trinajstić information content (AvgIpc) is 3.19. The number of aromatic amines is 1. The lowest BCUT2D eigenvalue weighted by Crippen LogP contribution is -2.55. The number of carboxylic acid groups (broad SMARTS) is 1. The number of nitrogens with one attached hydrogen (secondary N) is 3. The van der Waals surface area contributed by atoms with Gasteiger partial charge in [-0.15, -0.1) is 0 Å². The van der Waals surface area contributed by atoms with E-state index in [0.29, 0.717) is 5.69 Å². The average molecular weight is 401 g/mol. The van der Waals surface area contributed by atoms with Gasteiger partial charge in [0, 0.05) is 18.3 Å². The van der Waals surface area contributed by atoms with Crippen LogP contribution in [0.5, 0.6) is 0 Å². The van der Waals surface area contributed by atoms with Gasteiger partial charge in [0.2, 0.25) is 5.91 Å². The molecule has 0 saturated heterocycles. The van der Waals surface area contributed by atoms with Crippen molar-refractivity contribution in [3.63, 3.8) is 0 Å². The van der Waals surface area contributed by atoms with Gasteiger partial charge in [0.05, 0.1) is 18.3 Å². The Kier molecular flexibility index (Phi) is 8.20. The van der Waals surface area contributed by atoms with E-state index in [1.165, 1.54) is 12.5 Å². The van der Waals surface area contributed by atoms with Gasteiger partial charge in [-0.05, 0) is 17.9 Å². The van der Waals surface area contributed by atoms with Crippen molar-refractivity contribution < 1.29 is 24.2 Å². The standard InChI is InChI=1S/C20H26N4O5/c1-13(2)8-17(19(26)27)23-18(25)16(9-15-10-21-12-22-15)24-20(28)29-11-14-6-4-3-5-7-14/h3-7,10,12-13,16-17H,8-9,11H2,1-2H3,(H,21,22)(H,23,25)(H,24,28)(H,26,27)/p-1/t16-,17-/m0/s1. The highest BCUT2D eigenvalue weighted by molar-refractivity contribution is 5.89. The molecule has 2 rings (SSSR count). The maximum absolute atomic E-state index is 12.7. The second-order valence-electron chi connectivity index (χ2n) is 7.05. The molecule has 1 aromatic heterocycles. The van der Waals surface area contributed by atoms with Gasteiger partial charge in [-0.3, -0.25) is 4.79 Å². The third-order valence-corrected chi connectivity index (χ3v) is 4.11.